The maximum absolute atomic E-state index is 9.28. The molecule has 0 fully saturated rings. The third-order valence-electron chi connectivity index (χ3n) is 2.47. The fourth-order valence-corrected chi connectivity index (χ4v) is 1.57. The lowest BCUT2D eigenvalue weighted by Gasteiger charge is -2.21. The molecule has 16 heavy (non-hydrogen) atoms. The Bertz CT molecular complexity index is 460. The summed E-state index contributed by atoms with van der Waals surface area (Å²) in [7, 11) is 0. The highest BCUT2D eigenvalue weighted by Gasteiger charge is 2.30. The number of rotatable bonds is 2. The van der Waals surface area contributed by atoms with Crippen LogP contribution in [0.2, 0.25) is 0 Å². The van der Waals surface area contributed by atoms with Gasteiger partial charge in [-0.2, -0.15) is 5.26 Å². The van der Waals surface area contributed by atoms with E-state index < -0.39 is 5.54 Å². The highest BCUT2D eigenvalue weighted by Crippen LogP contribution is 2.23. The van der Waals surface area contributed by atoms with Crippen molar-refractivity contribution in [3.63, 3.8) is 0 Å². The first-order chi connectivity index (χ1) is 7.77. The van der Waals surface area contributed by atoms with Gasteiger partial charge in [-0.25, -0.2) is 0 Å². The number of nitrogens with zero attached hydrogens (tertiary/aromatic N) is 2. The van der Waals surface area contributed by atoms with Crippen LogP contribution >= 0.6 is 0 Å². The molecule has 0 aliphatic carbocycles. The van der Waals surface area contributed by atoms with Crippen LogP contribution in [0.5, 0.6) is 0 Å². The monoisotopic (exact) mass is 209 g/mol. The first-order valence-electron chi connectivity index (χ1n) is 4.94. The third kappa shape index (κ3) is 1.67. The minimum Gasteiger partial charge on any atom is -0.305 e. The first-order valence-corrected chi connectivity index (χ1v) is 4.94. The lowest BCUT2D eigenvalue weighted by Crippen LogP contribution is -2.37. The Balaban J connectivity index is 2.55. The highest BCUT2D eigenvalue weighted by molar-refractivity contribution is 5.40. The predicted octanol–water partition coefficient (Wildman–Crippen LogP) is 1.81. The molecule has 0 amide bonds. The minimum absolute atomic E-state index is 0.559. The van der Waals surface area contributed by atoms with Gasteiger partial charge in [-0.15, -0.1) is 0 Å². The first kappa shape index (κ1) is 10.3. The lowest BCUT2D eigenvalue weighted by molar-refractivity contribution is 0.671. The van der Waals surface area contributed by atoms with Gasteiger partial charge in [0, 0.05) is 6.20 Å². The van der Waals surface area contributed by atoms with Crippen LogP contribution in [0.3, 0.4) is 0 Å². The Labute approximate surface area is 94.2 Å². The number of nitrogens with two attached hydrogens (primary N) is 1. The molecule has 1 atom stereocenters. The molecule has 1 heterocycles. The van der Waals surface area contributed by atoms with E-state index in [0.29, 0.717) is 5.69 Å². The van der Waals surface area contributed by atoms with Gasteiger partial charge < -0.3 is 5.73 Å². The van der Waals surface area contributed by atoms with Crippen molar-refractivity contribution in [3.05, 3.63) is 66.0 Å². The van der Waals surface area contributed by atoms with Crippen LogP contribution < -0.4 is 5.73 Å². The molecular formula is C13H11N3. The van der Waals surface area contributed by atoms with Crippen molar-refractivity contribution in [1.29, 1.82) is 5.26 Å². The van der Waals surface area contributed by atoms with Crippen LogP contribution in [0.25, 0.3) is 0 Å². The summed E-state index contributed by atoms with van der Waals surface area (Å²) in [6.45, 7) is 0. The Hall–Kier alpha value is -2.18. The quantitative estimate of drug-likeness (QED) is 0.820. The second kappa shape index (κ2) is 4.13. The largest absolute Gasteiger partial charge is 0.305 e. The fourth-order valence-electron chi connectivity index (χ4n) is 1.57. The van der Waals surface area contributed by atoms with E-state index in [4.69, 9.17) is 5.73 Å². The number of nitriles is 1. The van der Waals surface area contributed by atoms with E-state index in [1.165, 1.54) is 0 Å². The lowest BCUT2D eigenvalue weighted by atomic mass is 9.89. The van der Waals surface area contributed by atoms with Gasteiger partial charge in [0.15, 0.2) is 5.54 Å². The van der Waals surface area contributed by atoms with Crippen LogP contribution in [0, 0.1) is 11.3 Å². The number of hydrogen-bond donors (Lipinski definition) is 1. The zero-order valence-electron chi connectivity index (χ0n) is 8.67. The van der Waals surface area contributed by atoms with Gasteiger partial charge in [0.05, 0.1) is 11.8 Å². The average Bonchev–Trinajstić information content (AvgIpc) is 2.40. The molecule has 2 N–H and O–H groups in total. The predicted molar refractivity (Wildman–Crippen MR) is 61.3 cm³/mol. The van der Waals surface area contributed by atoms with Crippen LogP contribution in [0.15, 0.2) is 54.7 Å². The van der Waals surface area contributed by atoms with Gasteiger partial charge in [0.25, 0.3) is 0 Å². The second-order valence-electron chi connectivity index (χ2n) is 3.50. The molecule has 78 valence electrons. The summed E-state index contributed by atoms with van der Waals surface area (Å²) in [5.74, 6) is 0. The van der Waals surface area contributed by atoms with Crippen molar-refractivity contribution in [1.82, 2.24) is 4.98 Å². The van der Waals surface area contributed by atoms with Gasteiger partial charge in [-0.3, -0.25) is 4.98 Å². The topological polar surface area (TPSA) is 62.7 Å². The Morgan fingerprint density at radius 3 is 2.31 bits per heavy atom. The Morgan fingerprint density at radius 2 is 1.75 bits per heavy atom. The van der Waals surface area contributed by atoms with Crippen LogP contribution in [0.1, 0.15) is 11.3 Å². The number of hydrogen-bond acceptors (Lipinski definition) is 3. The van der Waals surface area contributed by atoms with E-state index in [9.17, 15) is 5.26 Å². The maximum Gasteiger partial charge on any atom is 0.172 e. The van der Waals surface area contributed by atoms with Crippen LogP contribution in [-0.4, -0.2) is 4.98 Å². The third-order valence-corrected chi connectivity index (χ3v) is 2.47. The molecule has 0 saturated heterocycles. The van der Waals surface area contributed by atoms with E-state index in [1.807, 2.05) is 36.4 Å². The SMILES string of the molecule is N#CC(N)(c1ccccc1)c1ccccn1. The molecule has 0 aliphatic heterocycles. The number of benzene rings is 1. The standard InChI is InChI=1S/C13H11N3/c14-10-13(15,11-6-2-1-3-7-11)12-8-4-5-9-16-12/h1-9H,15H2. The van der Waals surface area contributed by atoms with E-state index >= 15 is 0 Å². The molecule has 0 spiro atoms. The van der Waals surface area contributed by atoms with Crippen molar-refractivity contribution < 1.29 is 0 Å². The van der Waals surface area contributed by atoms with Gasteiger partial charge in [0.1, 0.15) is 0 Å². The van der Waals surface area contributed by atoms with Crippen LogP contribution in [0.4, 0.5) is 0 Å². The summed E-state index contributed by atoms with van der Waals surface area (Å²) >= 11 is 0. The van der Waals surface area contributed by atoms with Gasteiger partial charge in [-0.1, -0.05) is 36.4 Å². The minimum atomic E-state index is -1.18. The van der Waals surface area contributed by atoms with E-state index in [-0.39, 0.29) is 0 Å². The van der Waals surface area contributed by atoms with Crippen molar-refractivity contribution in [2.45, 2.75) is 5.54 Å². The van der Waals surface area contributed by atoms with Gasteiger partial charge in [0.2, 0.25) is 0 Å². The average molecular weight is 209 g/mol. The highest BCUT2D eigenvalue weighted by atomic mass is 14.8. The molecule has 3 heteroatoms. The summed E-state index contributed by atoms with van der Waals surface area (Å²) in [6, 6.07) is 16.8. The summed E-state index contributed by atoms with van der Waals surface area (Å²) < 4.78 is 0. The zero-order valence-corrected chi connectivity index (χ0v) is 8.67. The van der Waals surface area contributed by atoms with Crippen LogP contribution in [-0.2, 0) is 5.54 Å². The van der Waals surface area contributed by atoms with Crippen molar-refractivity contribution in [3.8, 4) is 6.07 Å². The van der Waals surface area contributed by atoms with Crippen molar-refractivity contribution >= 4 is 0 Å². The molecule has 2 rings (SSSR count). The van der Waals surface area contributed by atoms with E-state index in [0.717, 1.165) is 5.56 Å². The molecule has 1 aromatic carbocycles. The van der Waals surface area contributed by atoms with Crippen molar-refractivity contribution in [2.24, 2.45) is 5.73 Å². The molecule has 0 radical (unpaired) electrons. The number of aromatic nitrogens is 1. The summed E-state index contributed by atoms with van der Waals surface area (Å²) in [5.41, 5.74) is 6.24. The summed E-state index contributed by atoms with van der Waals surface area (Å²) in [6.07, 6.45) is 1.64. The smallest absolute Gasteiger partial charge is 0.172 e. The summed E-state index contributed by atoms with van der Waals surface area (Å²) in [4.78, 5) is 4.15. The fraction of sp³-hybridized carbons (Fsp3) is 0.0769. The molecule has 3 nitrogen and oxygen atoms in total. The molecule has 0 saturated carbocycles. The normalized spacial score (nSPS) is 13.8. The van der Waals surface area contributed by atoms with E-state index in [1.54, 1.807) is 18.3 Å². The van der Waals surface area contributed by atoms with Gasteiger partial charge >= 0.3 is 0 Å². The molecule has 0 bridgehead atoms. The Morgan fingerprint density at radius 1 is 1.06 bits per heavy atom. The molecule has 0 aliphatic rings. The number of pyridine rings is 1. The maximum atomic E-state index is 9.28. The molecule has 1 unspecified atom stereocenters. The van der Waals surface area contributed by atoms with Crippen molar-refractivity contribution in [2.75, 3.05) is 0 Å². The molecular weight excluding hydrogens is 198 g/mol. The molecule has 2 aromatic rings. The van der Waals surface area contributed by atoms with E-state index in [2.05, 4.69) is 11.1 Å². The van der Waals surface area contributed by atoms with Gasteiger partial charge in [-0.05, 0) is 17.7 Å². The second-order valence-corrected chi connectivity index (χ2v) is 3.50. The summed E-state index contributed by atoms with van der Waals surface area (Å²) in [5, 5.41) is 9.28. The molecule has 1 aromatic heterocycles. The zero-order chi connectivity index (χ0) is 11.4. The Kier molecular flexibility index (Phi) is 2.67.